The van der Waals surface area contributed by atoms with Gasteiger partial charge in [-0.2, -0.15) is 22.9 Å². The molecule has 0 bridgehead atoms. The number of carbonyl (C=O) groups excluding carboxylic acids is 2. The molecule has 0 spiro atoms. The zero-order valence-electron chi connectivity index (χ0n) is 25.9. The molecule has 254 valence electrons. The van der Waals surface area contributed by atoms with E-state index in [4.69, 9.17) is 18.9 Å². The number of aromatic nitrogens is 4. The fourth-order valence-corrected chi connectivity index (χ4v) is 5.73. The predicted molar refractivity (Wildman–Crippen MR) is 158 cm³/mol. The van der Waals surface area contributed by atoms with Crippen LogP contribution in [0.15, 0.2) is 64.1 Å². The third-order valence-corrected chi connectivity index (χ3v) is 8.34. The van der Waals surface area contributed by atoms with Crippen LogP contribution in [0, 0.1) is 12.8 Å². The van der Waals surface area contributed by atoms with Gasteiger partial charge in [0.2, 0.25) is 5.91 Å². The van der Waals surface area contributed by atoms with Crippen molar-refractivity contribution in [1.29, 1.82) is 0 Å². The number of halogens is 3. The number of rotatable bonds is 9. The monoisotopic (exact) mass is 682 g/mol. The molecule has 1 unspecified atom stereocenters. The van der Waals surface area contributed by atoms with E-state index in [0.717, 1.165) is 21.3 Å². The lowest BCUT2D eigenvalue weighted by atomic mass is 9.99. The van der Waals surface area contributed by atoms with Gasteiger partial charge in [-0.3, -0.25) is 9.80 Å². The van der Waals surface area contributed by atoms with Crippen LogP contribution in [0.3, 0.4) is 0 Å². The minimum atomic E-state index is -4.70. The zero-order chi connectivity index (χ0) is 34.1. The number of sulfonamides is 1. The number of amides is 1. The highest BCUT2D eigenvalue weighted by molar-refractivity contribution is 7.90. The van der Waals surface area contributed by atoms with E-state index in [0.29, 0.717) is 24.9 Å². The lowest BCUT2D eigenvalue weighted by Crippen LogP contribution is -2.48. The molecule has 4 aromatic rings. The van der Waals surface area contributed by atoms with Crippen molar-refractivity contribution in [1.82, 2.24) is 24.5 Å². The Kier molecular flexibility index (Phi) is 9.07. The van der Waals surface area contributed by atoms with E-state index >= 15 is 0 Å². The molecule has 0 saturated carbocycles. The molecule has 2 aromatic carbocycles. The summed E-state index contributed by atoms with van der Waals surface area (Å²) in [4.78, 5) is 30.7. The van der Waals surface area contributed by atoms with Crippen LogP contribution >= 0.6 is 0 Å². The maximum absolute atomic E-state index is 13.5. The van der Waals surface area contributed by atoms with Crippen molar-refractivity contribution in [2.45, 2.75) is 57.2 Å². The molecule has 1 saturated heterocycles. The average molecular weight is 683 g/mol. The maximum atomic E-state index is 13.5. The molecule has 5 rings (SSSR count). The molecule has 1 atom stereocenters. The van der Waals surface area contributed by atoms with E-state index in [1.807, 2.05) is 6.92 Å². The smallest absolute Gasteiger partial charge is 0.428 e. The molecule has 1 amide bonds. The number of aryl methyl sites for hydroxylation is 1. The Morgan fingerprint density at radius 3 is 2.38 bits per heavy atom. The summed E-state index contributed by atoms with van der Waals surface area (Å²) in [7, 11) is -4.33. The van der Waals surface area contributed by atoms with Crippen LogP contribution < -0.4 is 14.6 Å². The molecule has 47 heavy (non-hydrogen) atoms. The summed E-state index contributed by atoms with van der Waals surface area (Å²) < 4.78 is 85.0. The number of nitrogens with zero attached hydrogens (tertiary/aromatic N) is 5. The average Bonchev–Trinajstić information content (AvgIpc) is 3.61. The summed E-state index contributed by atoms with van der Waals surface area (Å²) in [5.74, 6) is -1.48. The van der Waals surface area contributed by atoms with Crippen molar-refractivity contribution in [3.8, 4) is 16.9 Å². The molecule has 0 radical (unpaired) electrons. The maximum Gasteiger partial charge on any atom is 0.511 e. The van der Waals surface area contributed by atoms with Gasteiger partial charge in [0.25, 0.3) is 16.8 Å². The molecule has 14 nitrogen and oxygen atoms in total. The van der Waals surface area contributed by atoms with Crippen LogP contribution in [0.25, 0.3) is 16.9 Å². The van der Waals surface area contributed by atoms with Crippen LogP contribution in [0.5, 0.6) is 0 Å². The van der Waals surface area contributed by atoms with Crippen molar-refractivity contribution in [3.05, 3.63) is 65.9 Å². The summed E-state index contributed by atoms with van der Waals surface area (Å²) >= 11 is 0. The zero-order valence-corrected chi connectivity index (χ0v) is 26.7. The van der Waals surface area contributed by atoms with Crippen LogP contribution in [-0.4, -0.2) is 65.7 Å². The second-order valence-electron chi connectivity index (χ2n) is 11.8. The largest absolute Gasteiger partial charge is 0.511 e. The number of nitrogens with one attached hydrogen (secondary N) is 1. The van der Waals surface area contributed by atoms with E-state index in [9.17, 15) is 31.2 Å². The van der Waals surface area contributed by atoms with Crippen LogP contribution in [-0.2, 0) is 30.5 Å². The number of benzene rings is 2. The molecule has 1 aliphatic rings. The highest BCUT2D eigenvalue weighted by atomic mass is 32.2. The molecule has 2 aromatic heterocycles. The summed E-state index contributed by atoms with van der Waals surface area (Å²) in [6, 6.07) is 12.8. The van der Waals surface area contributed by atoms with Crippen molar-refractivity contribution < 1.29 is 50.1 Å². The summed E-state index contributed by atoms with van der Waals surface area (Å²) in [5.41, 5.74) is -0.0823. The first kappa shape index (κ1) is 33.5. The first-order valence-electron chi connectivity index (χ1n) is 14.4. The van der Waals surface area contributed by atoms with Gasteiger partial charge in [-0.25, -0.2) is 22.6 Å². The Labute approximate surface area is 267 Å². The number of piperidine rings is 1. The second-order valence-corrected chi connectivity index (χ2v) is 13.5. The van der Waals surface area contributed by atoms with Gasteiger partial charge in [0.1, 0.15) is 10.6 Å². The lowest BCUT2D eigenvalue weighted by Gasteiger charge is -2.28. The molecule has 0 aliphatic carbocycles. The topological polar surface area (TPSA) is 152 Å². The van der Waals surface area contributed by atoms with Crippen molar-refractivity contribution >= 4 is 22.1 Å². The Hall–Kier alpha value is -4.87. The molecule has 1 aliphatic heterocycles. The fourth-order valence-electron chi connectivity index (χ4n) is 4.69. The number of carbonyl (C=O) groups is 2. The van der Waals surface area contributed by atoms with Gasteiger partial charge in [-0.05, 0) is 70.9 Å². The number of hydrogen-bond acceptors (Lipinski definition) is 10. The van der Waals surface area contributed by atoms with Gasteiger partial charge in [0.05, 0.1) is 28.7 Å². The summed E-state index contributed by atoms with van der Waals surface area (Å²) in [6.45, 7) is 6.94. The first-order valence-corrected chi connectivity index (χ1v) is 15.9. The molecule has 1 N–H and O–H groups in total. The van der Waals surface area contributed by atoms with Crippen LogP contribution in [0.4, 0.5) is 18.0 Å². The van der Waals surface area contributed by atoms with E-state index in [-0.39, 0.29) is 22.8 Å². The highest BCUT2D eigenvalue weighted by Gasteiger charge is 2.36. The quantitative estimate of drug-likeness (QED) is 0.200. The molecule has 1 fully saturated rings. The van der Waals surface area contributed by atoms with Crippen molar-refractivity contribution in [2.75, 3.05) is 24.9 Å². The summed E-state index contributed by atoms with van der Waals surface area (Å²) in [6.07, 6.45) is -4.70. The highest BCUT2D eigenvalue weighted by Crippen LogP contribution is 2.33. The number of hydrogen-bond donors (Lipinski definition) is 1. The number of alkyl halides is 3. The Balaban J connectivity index is 1.22. The van der Waals surface area contributed by atoms with Gasteiger partial charge in [0, 0.05) is 17.1 Å². The van der Waals surface area contributed by atoms with Crippen LogP contribution in [0.1, 0.15) is 44.9 Å². The minimum Gasteiger partial charge on any atom is -0.428 e. The molecular formula is C29H33F3N6O8S. The van der Waals surface area contributed by atoms with E-state index in [1.54, 1.807) is 50.0 Å². The van der Waals surface area contributed by atoms with Gasteiger partial charge in [-0.15, -0.1) is 0 Å². The third kappa shape index (κ3) is 8.30. The first-order chi connectivity index (χ1) is 22.0. The lowest BCUT2D eigenvalue weighted by molar-refractivity contribution is -0.141. The van der Waals surface area contributed by atoms with Crippen LogP contribution in [0.2, 0.25) is 0 Å². The van der Waals surface area contributed by atoms with Gasteiger partial charge in [-0.1, -0.05) is 29.8 Å². The predicted octanol–water partition coefficient (Wildman–Crippen LogP) is 4.25. The molecule has 18 heteroatoms. The normalized spacial score (nSPS) is 15.8. The summed E-state index contributed by atoms with van der Waals surface area (Å²) in [5, 5.41) is 6.26. The van der Waals surface area contributed by atoms with Gasteiger partial charge < -0.3 is 14.3 Å². The Morgan fingerprint density at radius 1 is 1.06 bits per heavy atom. The van der Waals surface area contributed by atoms with Crippen molar-refractivity contribution in [2.24, 2.45) is 5.92 Å². The number of ether oxygens (including phenoxy) is 2. The fraction of sp³-hybridized carbons (Fsp3) is 0.414. The third-order valence-electron chi connectivity index (χ3n) is 6.97. The van der Waals surface area contributed by atoms with E-state index in [2.05, 4.69) is 9.82 Å². The van der Waals surface area contributed by atoms with Crippen molar-refractivity contribution in [3.63, 3.8) is 0 Å². The Morgan fingerprint density at radius 2 is 1.74 bits per heavy atom. The van der Waals surface area contributed by atoms with E-state index < -0.39 is 52.3 Å². The van der Waals surface area contributed by atoms with Gasteiger partial charge in [0.15, 0.2) is 5.69 Å². The minimum absolute atomic E-state index is 0.0930. The van der Waals surface area contributed by atoms with E-state index in [1.165, 1.54) is 29.2 Å². The second kappa shape index (κ2) is 12.7. The molecule has 3 heterocycles. The molecular weight excluding hydrogens is 649 g/mol. The van der Waals surface area contributed by atoms with Gasteiger partial charge >= 0.3 is 12.3 Å². The Bertz CT molecular complexity index is 1820. The standard InChI is InChI=1S/C29H33F3N6O8S/c1-19-7-9-20(10-8-19)24-16-25(29(30,31)32)33-36(24)22-11-13-23(14-12-22)47(41,42)34-26(39)21-6-5-15-35(17-21)37-38(46-37)44-18-43-27(40)45-28(2,3)4/h7-14,16,21H,5-6,15,17-18H2,1-4H3,(H,34,39). The SMILES string of the molecule is Cc1ccc(-c2cc(C(F)(F)F)nn2-c2ccc(S(=O)(=O)NC(=O)C3CCCN(n4on4OCOC(=O)OC(C)(C)C)C3)cc2)cc1.